The molecule has 0 spiro atoms. The standard InChI is InChI=1S/C20H22N2O6/c1-4-5-12-22-18(23)10-8-15(21-22)20(25)28-16-9-6-14(13-17(16)26-2)7-11-19(24)27-3/h6-11,13H,4-5,12H2,1-3H3/b11-7+. The lowest BCUT2D eigenvalue weighted by molar-refractivity contribution is -0.134. The highest BCUT2D eigenvalue weighted by atomic mass is 16.6. The molecular formula is C20H22N2O6. The lowest BCUT2D eigenvalue weighted by Crippen LogP contribution is -2.25. The molecule has 2 aromatic rings. The van der Waals surface area contributed by atoms with Gasteiger partial charge >= 0.3 is 11.9 Å². The highest BCUT2D eigenvalue weighted by molar-refractivity contribution is 5.89. The van der Waals surface area contributed by atoms with E-state index >= 15 is 0 Å². The molecular weight excluding hydrogens is 364 g/mol. The first kappa shape index (κ1) is 20.9. The molecule has 0 unspecified atom stereocenters. The van der Waals surface area contributed by atoms with E-state index in [0.29, 0.717) is 17.9 Å². The number of nitrogens with zero attached hydrogens (tertiary/aromatic N) is 2. The molecule has 8 heteroatoms. The third kappa shape index (κ3) is 5.54. The normalized spacial score (nSPS) is 10.7. The summed E-state index contributed by atoms with van der Waals surface area (Å²) in [6.07, 6.45) is 4.49. The van der Waals surface area contributed by atoms with Crippen molar-refractivity contribution in [2.75, 3.05) is 14.2 Å². The van der Waals surface area contributed by atoms with Gasteiger partial charge in [0, 0.05) is 18.7 Å². The van der Waals surface area contributed by atoms with Gasteiger partial charge in [-0.25, -0.2) is 14.3 Å². The van der Waals surface area contributed by atoms with E-state index in [1.165, 1.54) is 37.1 Å². The van der Waals surface area contributed by atoms with Gasteiger partial charge in [-0.1, -0.05) is 19.4 Å². The summed E-state index contributed by atoms with van der Waals surface area (Å²) in [5.41, 5.74) is 0.407. The number of methoxy groups -OCH3 is 2. The highest BCUT2D eigenvalue weighted by Gasteiger charge is 2.15. The lowest BCUT2D eigenvalue weighted by atomic mass is 10.2. The summed E-state index contributed by atoms with van der Waals surface area (Å²) < 4.78 is 16.4. The van der Waals surface area contributed by atoms with Gasteiger partial charge in [0.2, 0.25) is 0 Å². The Balaban J connectivity index is 2.20. The maximum Gasteiger partial charge on any atom is 0.364 e. The topological polar surface area (TPSA) is 96.7 Å². The Morgan fingerprint density at radius 3 is 2.61 bits per heavy atom. The number of unbranched alkanes of at least 4 members (excludes halogenated alkanes) is 1. The van der Waals surface area contributed by atoms with Crippen LogP contribution in [-0.4, -0.2) is 35.9 Å². The number of rotatable bonds is 8. The van der Waals surface area contributed by atoms with Crippen LogP contribution in [0.3, 0.4) is 0 Å². The van der Waals surface area contributed by atoms with E-state index in [-0.39, 0.29) is 17.0 Å². The predicted molar refractivity (Wildman–Crippen MR) is 102 cm³/mol. The summed E-state index contributed by atoms with van der Waals surface area (Å²) in [5, 5.41) is 4.06. The van der Waals surface area contributed by atoms with Crippen LogP contribution in [0.15, 0.2) is 41.2 Å². The molecule has 0 bridgehead atoms. The zero-order valence-electron chi connectivity index (χ0n) is 16.0. The van der Waals surface area contributed by atoms with E-state index < -0.39 is 11.9 Å². The van der Waals surface area contributed by atoms with Gasteiger partial charge in [0.25, 0.3) is 5.56 Å². The molecule has 148 valence electrons. The number of hydrogen-bond acceptors (Lipinski definition) is 7. The molecule has 0 aliphatic heterocycles. The molecule has 0 N–H and O–H groups in total. The smallest absolute Gasteiger partial charge is 0.364 e. The minimum Gasteiger partial charge on any atom is -0.493 e. The Bertz CT molecular complexity index is 933. The number of carbonyl (C=O) groups is 2. The number of aryl methyl sites for hydroxylation is 1. The summed E-state index contributed by atoms with van der Waals surface area (Å²) in [5.74, 6) is -0.698. The van der Waals surface area contributed by atoms with E-state index in [4.69, 9.17) is 9.47 Å². The second-order valence-corrected chi connectivity index (χ2v) is 5.79. The van der Waals surface area contributed by atoms with Crippen LogP contribution >= 0.6 is 0 Å². The first-order valence-electron chi connectivity index (χ1n) is 8.73. The number of carbonyl (C=O) groups excluding carboxylic acids is 2. The molecule has 0 aliphatic carbocycles. The van der Waals surface area contributed by atoms with Crippen LogP contribution < -0.4 is 15.0 Å². The number of aromatic nitrogens is 2. The third-order valence-electron chi connectivity index (χ3n) is 3.80. The summed E-state index contributed by atoms with van der Waals surface area (Å²) in [6.45, 7) is 2.43. The fourth-order valence-electron chi connectivity index (χ4n) is 2.28. The van der Waals surface area contributed by atoms with Crippen molar-refractivity contribution in [2.45, 2.75) is 26.3 Å². The maximum absolute atomic E-state index is 12.4. The lowest BCUT2D eigenvalue weighted by Gasteiger charge is -2.10. The maximum atomic E-state index is 12.4. The van der Waals surface area contributed by atoms with Crippen molar-refractivity contribution in [3.8, 4) is 11.5 Å². The van der Waals surface area contributed by atoms with Gasteiger partial charge < -0.3 is 14.2 Å². The van der Waals surface area contributed by atoms with Crippen LogP contribution in [0.4, 0.5) is 0 Å². The molecule has 0 radical (unpaired) electrons. The molecule has 1 aromatic carbocycles. The predicted octanol–water partition coefficient (Wildman–Crippen LogP) is 2.46. The van der Waals surface area contributed by atoms with Crippen molar-refractivity contribution >= 4 is 18.0 Å². The number of benzene rings is 1. The van der Waals surface area contributed by atoms with Crippen molar-refractivity contribution in [1.29, 1.82) is 0 Å². The van der Waals surface area contributed by atoms with Gasteiger partial charge in [0.1, 0.15) is 0 Å². The van der Waals surface area contributed by atoms with Crippen LogP contribution in [-0.2, 0) is 16.1 Å². The highest BCUT2D eigenvalue weighted by Crippen LogP contribution is 2.29. The van der Waals surface area contributed by atoms with Gasteiger partial charge in [0.05, 0.1) is 14.2 Å². The first-order chi connectivity index (χ1) is 13.5. The van der Waals surface area contributed by atoms with Crippen molar-refractivity contribution in [1.82, 2.24) is 9.78 Å². The molecule has 28 heavy (non-hydrogen) atoms. The Labute approximate surface area is 162 Å². The molecule has 0 amide bonds. The number of ether oxygens (including phenoxy) is 3. The fraction of sp³-hybridized carbons (Fsp3) is 0.300. The largest absolute Gasteiger partial charge is 0.493 e. The Kier molecular flexibility index (Phi) is 7.50. The average Bonchev–Trinajstić information content (AvgIpc) is 2.71. The second-order valence-electron chi connectivity index (χ2n) is 5.79. The van der Waals surface area contributed by atoms with E-state index in [1.54, 1.807) is 24.3 Å². The van der Waals surface area contributed by atoms with Crippen LogP contribution in [0, 0.1) is 0 Å². The molecule has 1 heterocycles. The molecule has 0 atom stereocenters. The van der Waals surface area contributed by atoms with Crippen LogP contribution in [0.5, 0.6) is 11.5 Å². The second kappa shape index (κ2) is 10.1. The van der Waals surface area contributed by atoms with E-state index in [9.17, 15) is 14.4 Å². The molecule has 0 saturated heterocycles. The van der Waals surface area contributed by atoms with Gasteiger partial charge in [-0.3, -0.25) is 4.79 Å². The zero-order chi connectivity index (χ0) is 20.5. The minimum absolute atomic E-state index is 0.0208. The fourth-order valence-corrected chi connectivity index (χ4v) is 2.28. The van der Waals surface area contributed by atoms with Crippen molar-refractivity contribution in [2.24, 2.45) is 0 Å². The molecule has 0 aliphatic rings. The SMILES string of the molecule is CCCCn1nc(C(=O)Oc2ccc(/C=C/C(=O)OC)cc2OC)ccc1=O. The van der Waals surface area contributed by atoms with Gasteiger partial charge in [-0.05, 0) is 36.3 Å². The Hall–Kier alpha value is -3.42. The van der Waals surface area contributed by atoms with Crippen molar-refractivity contribution in [3.05, 3.63) is 58.0 Å². The molecule has 2 rings (SSSR count). The van der Waals surface area contributed by atoms with Gasteiger partial charge in [-0.15, -0.1) is 0 Å². The quantitative estimate of drug-likeness (QED) is 0.390. The summed E-state index contributed by atoms with van der Waals surface area (Å²) in [7, 11) is 2.72. The van der Waals surface area contributed by atoms with Crippen LogP contribution in [0.2, 0.25) is 0 Å². The number of esters is 2. The zero-order valence-corrected chi connectivity index (χ0v) is 16.0. The van der Waals surface area contributed by atoms with Gasteiger partial charge in [-0.2, -0.15) is 5.10 Å². The van der Waals surface area contributed by atoms with Gasteiger partial charge in [0.15, 0.2) is 17.2 Å². The van der Waals surface area contributed by atoms with Crippen molar-refractivity contribution < 1.29 is 23.8 Å². The average molecular weight is 386 g/mol. The monoisotopic (exact) mass is 386 g/mol. The molecule has 0 fully saturated rings. The Morgan fingerprint density at radius 1 is 1.14 bits per heavy atom. The van der Waals surface area contributed by atoms with Crippen molar-refractivity contribution in [3.63, 3.8) is 0 Å². The number of hydrogen-bond donors (Lipinski definition) is 0. The molecule has 8 nitrogen and oxygen atoms in total. The van der Waals surface area contributed by atoms with Crippen LogP contribution in [0.1, 0.15) is 35.8 Å². The van der Waals surface area contributed by atoms with E-state index in [0.717, 1.165) is 12.8 Å². The van der Waals surface area contributed by atoms with E-state index in [2.05, 4.69) is 9.84 Å². The Morgan fingerprint density at radius 2 is 1.93 bits per heavy atom. The molecule has 1 aromatic heterocycles. The molecule has 0 saturated carbocycles. The van der Waals surface area contributed by atoms with E-state index in [1.807, 2.05) is 6.92 Å². The summed E-state index contributed by atoms with van der Waals surface area (Å²) in [6, 6.07) is 7.42. The van der Waals surface area contributed by atoms with Crippen LogP contribution in [0.25, 0.3) is 6.08 Å². The third-order valence-corrected chi connectivity index (χ3v) is 3.80. The first-order valence-corrected chi connectivity index (χ1v) is 8.73. The summed E-state index contributed by atoms with van der Waals surface area (Å²) in [4.78, 5) is 35.4. The minimum atomic E-state index is -0.707. The summed E-state index contributed by atoms with van der Waals surface area (Å²) >= 11 is 0.